The fourth-order valence-corrected chi connectivity index (χ4v) is 10.7. The average Bonchev–Trinajstić information content (AvgIpc) is 3.47. The highest BCUT2D eigenvalue weighted by molar-refractivity contribution is 5.71. The minimum Gasteiger partial charge on any atom is -0.462 e. The Balaban J connectivity index is 4.35. The Morgan fingerprint density at radius 3 is 0.753 bits per heavy atom. The molecule has 1 atom stereocenters. The Morgan fingerprint density at radius 2 is 0.481 bits per heavy atom. The first-order chi connectivity index (χ1) is 40.0. The molecule has 0 aliphatic rings. The molecule has 472 valence electrons. The summed E-state index contributed by atoms with van der Waals surface area (Å²) in [4.78, 5) is 38.5. The van der Waals surface area contributed by atoms with Gasteiger partial charge in [0.2, 0.25) is 0 Å². The maximum absolute atomic E-state index is 13.0. The molecule has 0 N–H and O–H groups in total. The van der Waals surface area contributed by atoms with Gasteiger partial charge in [-0.15, -0.1) is 0 Å². The maximum atomic E-state index is 13.0. The smallest absolute Gasteiger partial charge is 0.306 e. The van der Waals surface area contributed by atoms with E-state index in [1.165, 1.54) is 244 Å². The van der Waals surface area contributed by atoms with Crippen molar-refractivity contribution in [1.29, 1.82) is 0 Å². The molecule has 0 aromatic carbocycles. The molecule has 6 heteroatoms. The van der Waals surface area contributed by atoms with Crippen molar-refractivity contribution in [2.24, 2.45) is 0 Å². The highest BCUT2D eigenvalue weighted by Crippen LogP contribution is 2.19. The van der Waals surface area contributed by atoms with Crippen LogP contribution in [0, 0.1) is 0 Å². The third kappa shape index (κ3) is 67.8. The van der Waals surface area contributed by atoms with Crippen LogP contribution in [0.3, 0.4) is 0 Å². The molecule has 0 saturated heterocycles. The van der Waals surface area contributed by atoms with E-state index in [1.54, 1.807) is 0 Å². The zero-order chi connectivity index (χ0) is 58.5. The lowest BCUT2D eigenvalue weighted by Crippen LogP contribution is -2.30. The molecule has 0 rings (SSSR count). The number of rotatable bonds is 66. The Hall–Kier alpha value is -2.89. The molecule has 0 bridgehead atoms. The van der Waals surface area contributed by atoms with Crippen molar-refractivity contribution in [3.8, 4) is 0 Å². The van der Waals surface area contributed by atoms with Crippen LogP contribution in [0.25, 0.3) is 0 Å². The minimum absolute atomic E-state index is 0.0720. The summed E-state index contributed by atoms with van der Waals surface area (Å²) in [7, 11) is 0. The monoisotopic (exact) mass is 1130 g/mol. The summed E-state index contributed by atoms with van der Waals surface area (Å²) in [6, 6.07) is 0. The van der Waals surface area contributed by atoms with E-state index >= 15 is 0 Å². The number of hydrogen-bond donors (Lipinski definition) is 0. The predicted molar refractivity (Wildman–Crippen MR) is 353 cm³/mol. The van der Waals surface area contributed by atoms with Gasteiger partial charge in [0.1, 0.15) is 13.2 Å². The molecule has 0 aromatic heterocycles. The molecule has 0 aliphatic heterocycles. The van der Waals surface area contributed by atoms with Gasteiger partial charge in [0.25, 0.3) is 0 Å². The van der Waals surface area contributed by atoms with Gasteiger partial charge in [-0.3, -0.25) is 14.4 Å². The lowest BCUT2D eigenvalue weighted by atomic mass is 10.0. The van der Waals surface area contributed by atoms with E-state index < -0.39 is 6.10 Å². The lowest BCUT2D eigenvalue weighted by Gasteiger charge is -2.18. The lowest BCUT2D eigenvalue weighted by molar-refractivity contribution is -0.167. The van der Waals surface area contributed by atoms with Gasteiger partial charge in [-0.25, -0.2) is 0 Å². The molecule has 0 heterocycles. The largest absolute Gasteiger partial charge is 0.462 e. The van der Waals surface area contributed by atoms with Crippen molar-refractivity contribution >= 4 is 17.9 Å². The SMILES string of the molecule is CC/C=C\C/C=C\C/C=C\C/C=C\C/C=C\CCCCCCCCCC(=O)OCC(COC(=O)CCCCCCCCCCCCCCCCCCCCCC)OC(=O)CCCCCCCCCCCCCCCCCCCCCC. The van der Waals surface area contributed by atoms with Crippen LogP contribution in [0.4, 0.5) is 0 Å². The van der Waals surface area contributed by atoms with Gasteiger partial charge in [-0.2, -0.15) is 0 Å². The molecule has 0 spiro atoms. The molecule has 0 fully saturated rings. The molecular formula is C75H136O6. The Morgan fingerprint density at radius 1 is 0.259 bits per heavy atom. The Bertz CT molecular complexity index is 1440. The summed E-state index contributed by atoms with van der Waals surface area (Å²) < 4.78 is 17.0. The summed E-state index contributed by atoms with van der Waals surface area (Å²) in [6.45, 7) is 6.60. The van der Waals surface area contributed by atoms with Crippen LogP contribution < -0.4 is 0 Å². The second-order valence-electron chi connectivity index (χ2n) is 24.1. The van der Waals surface area contributed by atoms with Crippen LogP contribution in [-0.4, -0.2) is 37.2 Å². The van der Waals surface area contributed by atoms with E-state index in [1.807, 2.05) is 0 Å². The average molecular weight is 1130 g/mol. The standard InChI is InChI=1S/C75H136O6/c1-4-7-10-13-16-19-22-25-28-31-34-37-38-39-42-44-47-50-53-56-59-62-65-68-74(77)80-71-72(81-75(78)69-66-63-60-57-54-51-48-45-41-36-33-30-27-24-21-18-15-12-9-6-3)70-79-73(76)67-64-61-58-55-52-49-46-43-40-35-32-29-26-23-20-17-14-11-8-5-2/h7,10,16,19,25,28,34,37,39,42,72H,4-6,8-9,11-15,17-18,20-24,26-27,29-33,35-36,38,40-41,43-71H2,1-3H3/b10-7-,19-16-,28-25-,37-34-,42-39-. The van der Waals surface area contributed by atoms with Gasteiger partial charge < -0.3 is 14.2 Å². The van der Waals surface area contributed by atoms with Crippen molar-refractivity contribution in [1.82, 2.24) is 0 Å². The van der Waals surface area contributed by atoms with E-state index in [0.29, 0.717) is 19.3 Å². The van der Waals surface area contributed by atoms with E-state index in [4.69, 9.17) is 14.2 Å². The summed E-state index contributed by atoms with van der Waals surface area (Å²) in [5, 5.41) is 0. The minimum atomic E-state index is -0.778. The Labute approximate surface area is 504 Å². The number of esters is 3. The molecular weight excluding hydrogens is 997 g/mol. The Kier molecular flexibility index (Phi) is 67.1. The van der Waals surface area contributed by atoms with Crippen LogP contribution in [-0.2, 0) is 28.6 Å². The molecule has 0 saturated carbocycles. The number of ether oxygens (including phenoxy) is 3. The quantitative estimate of drug-likeness (QED) is 0.0261. The first kappa shape index (κ1) is 78.1. The number of carbonyl (C=O) groups excluding carboxylic acids is 3. The number of unbranched alkanes of at least 4 members (excludes halogenated alkanes) is 45. The van der Waals surface area contributed by atoms with Crippen LogP contribution in [0.5, 0.6) is 0 Å². The summed E-state index contributed by atoms with van der Waals surface area (Å²) in [6.07, 6.45) is 89.6. The topological polar surface area (TPSA) is 78.9 Å². The van der Waals surface area contributed by atoms with Crippen molar-refractivity contribution in [3.63, 3.8) is 0 Å². The molecule has 0 amide bonds. The van der Waals surface area contributed by atoms with Crippen LogP contribution in [0.1, 0.15) is 380 Å². The fourth-order valence-electron chi connectivity index (χ4n) is 10.7. The third-order valence-corrected chi connectivity index (χ3v) is 16.0. The van der Waals surface area contributed by atoms with Gasteiger partial charge >= 0.3 is 17.9 Å². The van der Waals surface area contributed by atoms with E-state index in [9.17, 15) is 14.4 Å². The van der Waals surface area contributed by atoms with E-state index in [-0.39, 0.29) is 31.1 Å². The third-order valence-electron chi connectivity index (χ3n) is 16.0. The van der Waals surface area contributed by atoms with E-state index in [0.717, 1.165) is 96.3 Å². The molecule has 0 aliphatic carbocycles. The van der Waals surface area contributed by atoms with Crippen molar-refractivity contribution in [2.45, 2.75) is 386 Å². The highest BCUT2D eigenvalue weighted by atomic mass is 16.6. The van der Waals surface area contributed by atoms with Crippen molar-refractivity contribution in [3.05, 3.63) is 60.8 Å². The maximum Gasteiger partial charge on any atom is 0.306 e. The predicted octanol–water partition coefficient (Wildman–Crippen LogP) is 24.7. The van der Waals surface area contributed by atoms with Gasteiger partial charge in [0.05, 0.1) is 0 Å². The van der Waals surface area contributed by atoms with Crippen molar-refractivity contribution in [2.75, 3.05) is 13.2 Å². The summed E-state index contributed by atoms with van der Waals surface area (Å²) in [5.74, 6) is -0.854. The van der Waals surface area contributed by atoms with Crippen LogP contribution >= 0.6 is 0 Å². The van der Waals surface area contributed by atoms with E-state index in [2.05, 4.69) is 81.5 Å². The molecule has 0 radical (unpaired) electrons. The van der Waals surface area contributed by atoms with Gasteiger partial charge in [0.15, 0.2) is 6.10 Å². The summed E-state index contributed by atoms with van der Waals surface area (Å²) >= 11 is 0. The first-order valence-electron chi connectivity index (χ1n) is 35.8. The molecule has 0 aromatic rings. The van der Waals surface area contributed by atoms with Crippen molar-refractivity contribution < 1.29 is 28.6 Å². The highest BCUT2D eigenvalue weighted by Gasteiger charge is 2.19. The number of allylic oxidation sites excluding steroid dienone is 10. The first-order valence-corrected chi connectivity index (χ1v) is 35.8. The van der Waals surface area contributed by atoms with Crippen LogP contribution in [0.15, 0.2) is 60.8 Å². The second kappa shape index (κ2) is 69.6. The van der Waals surface area contributed by atoms with Gasteiger partial charge in [-0.1, -0.05) is 358 Å². The second-order valence-corrected chi connectivity index (χ2v) is 24.1. The zero-order valence-corrected chi connectivity index (χ0v) is 54.3. The van der Waals surface area contributed by atoms with Crippen LogP contribution in [0.2, 0.25) is 0 Å². The molecule has 6 nitrogen and oxygen atoms in total. The molecule has 81 heavy (non-hydrogen) atoms. The number of carbonyl (C=O) groups is 3. The van der Waals surface area contributed by atoms with Gasteiger partial charge in [0, 0.05) is 19.3 Å². The number of hydrogen-bond acceptors (Lipinski definition) is 6. The van der Waals surface area contributed by atoms with Gasteiger partial charge in [-0.05, 0) is 64.2 Å². The fraction of sp³-hybridized carbons (Fsp3) is 0.827. The molecule has 1 unspecified atom stereocenters. The summed E-state index contributed by atoms with van der Waals surface area (Å²) in [5.41, 5.74) is 0. The zero-order valence-electron chi connectivity index (χ0n) is 54.3. The normalized spacial score (nSPS) is 12.4.